The number of hydrogen-bond donors (Lipinski definition) is 2. The van der Waals surface area contributed by atoms with Crippen LogP contribution in [0.3, 0.4) is 0 Å². The van der Waals surface area contributed by atoms with E-state index in [4.69, 9.17) is 0 Å². The Bertz CT molecular complexity index is 307. The molecule has 0 rings (SSSR count). The van der Waals surface area contributed by atoms with Gasteiger partial charge in [0.2, 0.25) is 0 Å². The van der Waals surface area contributed by atoms with Crippen LogP contribution in [0.4, 0.5) is 0 Å². The summed E-state index contributed by atoms with van der Waals surface area (Å²) in [5.41, 5.74) is 0. The van der Waals surface area contributed by atoms with Gasteiger partial charge in [0.25, 0.3) is 0 Å². The standard InChI is InChI=1S/C22H44O4/c1-3-4-5-6-7-8-9-11-14-17-20(23)21(24)18-15-12-10-13-16-19-22(25)26-2/h20-21,23-24H,3-19H2,1-2H3/t20-,21?/m1/s1. The maximum atomic E-state index is 11.0. The molecule has 2 N–H and O–H groups in total. The van der Waals surface area contributed by atoms with Gasteiger partial charge >= 0.3 is 5.97 Å². The molecule has 1 unspecified atom stereocenters. The molecule has 0 saturated carbocycles. The van der Waals surface area contributed by atoms with E-state index in [1.807, 2.05) is 0 Å². The fraction of sp³-hybridized carbons (Fsp3) is 0.955. The second-order valence-corrected chi connectivity index (χ2v) is 7.63. The summed E-state index contributed by atoms with van der Waals surface area (Å²) in [6.07, 6.45) is 17.1. The number of rotatable bonds is 19. The summed E-state index contributed by atoms with van der Waals surface area (Å²) in [6.45, 7) is 2.24. The highest BCUT2D eigenvalue weighted by atomic mass is 16.5. The van der Waals surface area contributed by atoms with Gasteiger partial charge in [0.1, 0.15) is 0 Å². The van der Waals surface area contributed by atoms with Crippen LogP contribution in [0.5, 0.6) is 0 Å². The predicted octanol–water partition coefficient (Wildman–Crippen LogP) is 5.53. The van der Waals surface area contributed by atoms with Crippen LogP contribution in [-0.4, -0.2) is 35.5 Å². The van der Waals surface area contributed by atoms with E-state index in [-0.39, 0.29) is 5.97 Å². The van der Waals surface area contributed by atoms with Gasteiger partial charge in [-0.2, -0.15) is 0 Å². The molecule has 0 fully saturated rings. The third-order valence-corrected chi connectivity index (χ3v) is 5.16. The number of methoxy groups -OCH3 is 1. The lowest BCUT2D eigenvalue weighted by Gasteiger charge is -2.17. The van der Waals surface area contributed by atoms with Crippen LogP contribution in [0.15, 0.2) is 0 Å². The summed E-state index contributed by atoms with van der Waals surface area (Å²) in [5.74, 6) is -0.139. The number of carbonyl (C=O) groups excluding carboxylic acids is 1. The zero-order chi connectivity index (χ0) is 19.5. The first kappa shape index (κ1) is 25.4. The fourth-order valence-corrected chi connectivity index (χ4v) is 3.30. The van der Waals surface area contributed by atoms with Gasteiger partial charge in [-0.25, -0.2) is 0 Å². The second-order valence-electron chi connectivity index (χ2n) is 7.63. The summed E-state index contributed by atoms with van der Waals surface area (Å²) >= 11 is 0. The van der Waals surface area contributed by atoms with E-state index in [1.54, 1.807) is 0 Å². The first-order chi connectivity index (χ1) is 12.6. The molecule has 156 valence electrons. The molecule has 0 radical (unpaired) electrons. The molecule has 2 atom stereocenters. The van der Waals surface area contributed by atoms with E-state index in [0.29, 0.717) is 12.8 Å². The van der Waals surface area contributed by atoms with E-state index in [1.165, 1.54) is 52.1 Å². The van der Waals surface area contributed by atoms with Crippen LogP contribution >= 0.6 is 0 Å². The van der Waals surface area contributed by atoms with Crippen molar-refractivity contribution in [2.24, 2.45) is 0 Å². The van der Waals surface area contributed by atoms with Crippen LogP contribution in [-0.2, 0) is 9.53 Å². The number of aliphatic hydroxyl groups excluding tert-OH is 2. The van der Waals surface area contributed by atoms with E-state index < -0.39 is 12.2 Å². The van der Waals surface area contributed by atoms with Crippen molar-refractivity contribution in [2.75, 3.05) is 7.11 Å². The molecule has 0 aromatic rings. The summed E-state index contributed by atoms with van der Waals surface area (Å²) in [7, 11) is 1.42. The Morgan fingerprint density at radius 3 is 1.50 bits per heavy atom. The van der Waals surface area contributed by atoms with Gasteiger partial charge in [0.05, 0.1) is 19.3 Å². The number of esters is 1. The molecule has 0 aromatic carbocycles. The Kier molecular flexibility index (Phi) is 18.7. The Hall–Kier alpha value is -0.610. The summed E-state index contributed by atoms with van der Waals surface area (Å²) in [4.78, 5) is 11.0. The summed E-state index contributed by atoms with van der Waals surface area (Å²) in [6, 6.07) is 0. The quantitative estimate of drug-likeness (QED) is 0.231. The van der Waals surface area contributed by atoms with Gasteiger partial charge in [-0.3, -0.25) is 4.79 Å². The van der Waals surface area contributed by atoms with Gasteiger partial charge in [0.15, 0.2) is 0 Å². The zero-order valence-electron chi connectivity index (χ0n) is 17.4. The SMILES string of the molecule is CCCCCCCCCCC[C@@H](O)C(O)CCCCCCCC(=O)OC. The minimum atomic E-state index is -0.584. The topological polar surface area (TPSA) is 66.8 Å². The first-order valence-electron chi connectivity index (χ1n) is 11.0. The van der Waals surface area contributed by atoms with Crippen LogP contribution < -0.4 is 0 Å². The van der Waals surface area contributed by atoms with Crippen molar-refractivity contribution in [3.05, 3.63) is 0 Å². The van der Waals surface area contributed by atoms with Crippen molar-refractivity contribution < 1.29 is 19.7 Å². The molecule has 0 aliphatic carbocycles. The number of carbonyl (C=O) groups is 1. The molecular weight excluding hydrogens is 328 g/mol. The van der Waals surface area contributed by atoms with Gasteiger partial charge in [-0.15, -0.1) is 0 Å². The van der Waals surface area contributed by atoms with E-state index in [2.05, 4.69) is 11.7 Å². The minimum Gasteiger partial charge on any atom is -0.469 e. The third kappa shape index (κ3) is 16.8. The molecule has 0 aliphatic rings. The van der Waals surface area contributed by atoms with E-state index in [9.17, 15) is 15.0 Å². The number of unbranched alkanes of at least 4 members (excludes halogenated alkanes) is 12. The minimum absolute atomic E-state index is 0.139. The predicted molar refractivity (Wildman–Crippen MR) is 108 cm³/mol. The molecule has 0 spiro atoms. The van der Waals surface area contributed by atoms with Crippen LogP contribution in [0.2, 0.25) is 0 Å². The average molecular weight is 373 g/mol. The van der Waals surface area contributed by atoms with E-state index >= 15 is 0 Å². The van der Waals surface area contributed by atoms with Crippen molar-refractivity contribution >= 4 is 5.97 Å². The highest BCUT2D eigenvalue weighted by molar-refractivity contribution is 5.68. The largest absolute Gasteiger partial charge is 0.469 e. The summed E-state index contributed by atoms with van der Waals surface area (Å²) in [5, 5.41) is 20.1. The van der Waals surface area contributed by atoms with Gasteiger partial charge in [0, 0.05) is 6.42 Å². The van der Waals surface area contributed by atoms with Crippen LogP contribution in [0, 0.1) is 0 Å². The second kappa shape index (κ2) is 19.2. The highest BCUT2D eigenvalue weighted by Crippen LogP contribution is 2.15. The van der Waals surface area contributed by atoms with E-state index in [0.717, 1.165) is 51.4 Å². The molecule has 4 heteroatoms. The zero-order valence-corrected chi connectivity index (χ0v) is 17.4. The van der Waals surface area contributed by atoms with Crippen molar-refractivity contribution in [3.63, 3.8) is 0 Å². The van der Waals surface area contributed by atoms with Crippen molar-refractivity contribution in [1.29, 1.82) is 0 Å². The Morgan fingerprint density at radius 1 is 0.692 bits per heavy atom. The Morgan fingerprint density at radius 2 is 1.08 bits per heavy atom. The fourth-order valence-electron chi connectivity index (χ4n) is 3.30. The summed E-state index contributed by atoms with van der Waals surface area (Å²) < 4.78 is 4.61. The molecule has 0 aromatic heterocycles. The Balaban J connectivity index is 3.37. The molecule has 26 heavy (non-hydrogen) atoms. The average Bonchev–Trinajstić information content (AvgIpc) is 2.65. The normalized spacial score (nSPS) is 13.5. The van der Waals surface area contributed by atoms with Crippen LogP contribution in [0.1, 0.15) is 116 Å². The number of ether oxygens (including phenoxy) is 1. The van der Waals surface area contributed by atoms with Gasteiger partial charge < -0.3 is 14.9 Å². The molecular formula is C22H44O4. The van der Waals surface area contributed by atoms with Crippen molar-refractivity contribution in [1.82, 2.24) is 0 Å². The molecule has 0 amide bonds. The van der Waals surface area contributed by atoms with Crippen molar-refractivity contribution in [3.8, 4) is 0 Å². The molecule has 0 bridgehead atoms. The Labute approximate surface area is 161 Å². The van der Waals surface area contributed by atoms with Crippen molar-refractivity contribution in [2.45, 2.75) is 128 Å². The van der Waals surface area contributed by atoms with Gasteiger partial charge in [-0.05, 0) is 19.3 Å². The van der Waals surface area contributed by atoms with Crippen LogP contribution in [0.25, 0.3) is 0 Å². The van der Waals surface area contributed by atoms with Gasteiger partial charge in [-0.1, -0.05) is 90.4 Å². The maximum absolute atomic E-state index is 11.0. The molecule has 0 heterocycles. The lowest BCUT2D eigenvalue weighted by Crippen LogP contribution is -2.25. The lowest BCUT2D eigenvalue weighted by atomic mass is 9.99. The maximum Gasteiger partial charge on any atom is 0.305 e. The smallest absolute Gasteiger partial charge is 0.305 e. The lowest BCUT2D eigenvalue weighted by molar-refractivity contribution is -0.140. The molecule has 0 aliphatic heterocycles. The first-order valence-corrected chi connectivity index (χ1v) is 11.0. The number of aliphatic hydroxyl groups is 2. The monoisotopic (exact) mass is 372 g/mol. The third-order valence-electron chi connectivity index (χ3n) is 5.16. The number of hydrogen-bond acceptors (Lipinski definition) is 4. The molecule has 4 nitrogen and oxygen atoms in total. The molecule has 0 saturated heterocycles. The highest BCUT2D eigenvalue weighted by Gasteiger charge is 2.15.